The molecule has 1 aromatic heterocycles. The zero-order valence-corrected chi connectivity index (χ0v) is 14.1. The minimum Gasteiger partial charge on any atom is -0.381 e. The van der Waals surface area contributed by atoms with Crippen molar-refractivity contribution < 1.29 is 4.74 Å². The van der Waals surface area contributed by atoms with E-state index in [4.69, 9.17) is 9.72 Å². The van der Waals surface area contributed by atoms with Crippen LogP contribution in [-0.4, -0.2) is 30.2 Å². The topological polar surface area (TPSA) is 47.0 Å². The Morgan fingerprint density at radius 2 is 1.90 bits per heavy atom. The predicted octanol–water partition coefficient (Wildman–Crippen LogP) is 3.22. The van der Waals surface area contributed by atoms with Gasteiger partial charge < -0.3 is 10.1 Å². The molecule has 3 rings (SSSR count). The lowest BCUT2D eigenvalue weighted by molar-refractivity contribution is 0.0605. The van der Waals surface area contributed by atoms with Crippen LogP contribution >= 0.6 is 22.6 Å². The minimum atomic E-state index is -0.143. The van der Waals surface area contributed by atoms with E-state index in [0.29, 0.717) is 0 Å². The van der Waals surface area contributed by atoms with Gasteiger partial charge in [0, 0.05) is 26.5 Å². The molecule has 1 N–H and O–H groups in total. The molecule has 0 bridgehead atoms. The quantitative estimate of drug-likeness (QED) is 0.811. The summed E-state index contributed by atoms with van der Waals surface area (Å²) in [6.07, 6.45) is 3.73. The summed E-state index contributed by atoms with van der Waals surface area (Å²) in [5.74, 6) is 1.78. The Morgan fingerprint density at radius 3 is 2.57 bits per heavy atom. The van der Waals surface area contributed by atoms with E-state index in [0.717, 1.165) is 41.3 Å². The molecule has 110 valence electrons. The molecule has 0 spiro atoms. The first-order valence-electron chi connectivity index (χ1n) is 7.10. The van der Waals surface area contributed by atoms with Crippen molar-refractivity contribution in [1.29, 1.82) is 0 Å². The smallest absolute Gasteiger partial charge is 0.142 e. The van der Waals surface area contributed by atoms with Gasteiger partial charge in [-0.3, -0.25) is 0 Å². The molecule has 0 saturated carbocycles. The van der Waals surface area contributed by atoms with Gasteiger partial charge in [-0.25, -0.2) is 9.97 Å². The highest BCUT2D eigenvalue weighted by Gasteiger charge is 2.39. The van der Waals surface area contributed by atoms with E-state index in [1.807, 2.05) is 19.3 Å². The molecule has 1 saturated heterocycles. The third-order valence-corrected chi connectivity index (χ3v) is 4.87. The Morgan fingerprint density at radius 1 is 1.19 bits per heavy atom. The van der Waals surface area contributed by atoms with Crippen molar-refractivity contribution in [2.24, 2.45) is 0 Å². The third kappa shape index (κ3) is 2.76. The van der Waals surface area contributed by atoms with Crippen LogP contribution in [0.25, 0.3) is 0 Å². The number of hydrogen-bond acceptors (Lipinski definition) is 4. The van der Waals surface area contributed by atoms with Gasteiger partial charge in [-0.15, -0.1) is 0 Å². The molecular formula is C16H18IN3O. The summed E-state index contributed by atoms with van der Waals surface area (Å²) in [5, 5.41) is 3.15. The first-order valence-corrected chi connectivity index (χ1v) is 8.18. The van der Waals surface area contributed by atoms with E-state index in [1.165, 1.54) is 5.56 Å². The molecule has 2 heterocycles. The lowest BCUT2D eigenvalue weighted by atomic mass is 9.73. The second kappa shape index (κ2) is 6.27. The fourth-order valence-electron chi connectivity index (χ4n) is 2.89. The van der Waals surface area contributed by atoms with Crippen molar-refractivity contribution in [3.05, 3.63) is 51.5 Å². The molecule has 1 aromatic carbocycles. The Bertz CT molecular complexity index is 612. The van der Waals surface area contributed by atoms with Crippen molar-refractivity contribution in [3.63, 3.8) is 0 Å². The SMILES string of the molecule is CNc1nc(C2(c3ccccc3)CCOCC2)ncc1I. The van der Waals surface area contributed by atoms with E-state index < -0.39 is 0 Å². The van der Waals surface area contributed by atoms with Gasteiger partial charge >= 0.3 is 0 Å². The Kier molecular flexibility index (Phi) is 4.40. The fraction of sp³-hybridized carbons (Fsp3) is 0.375. The average Bonchev–Trinajstić information content (AvgIpc) is 2.57. The Labute approximate surface area is 138 Å². The largest absolute Gasteiger partial charge is 0.381 e. The maximum Gasteiger partial charge on any atom is 0.142 e. The number of benzene rings is 1. The average molecular weight is 395 g/mol. The highest BCUT2D eigenvalue weighted by atomic mass is 127. The van der Waals surface area contributed by atoms with E-state index in [-0.39, 0.29) is 5.41 Å². The van der Waals surface area contributed by atoms with Gasteiger partial charge in [0.15, 0.2) is 0 Å². The number of hydrogen-bond donors (Lipinski definition) is 1. The predicted molar refractivity (Wildman–Crippen MR) is 91.6 cm³/mol. The van der Waals surface area contributed by atoms with Crippen molar-refractivity contribution in [2.75, 3.05) is 25.6 Å². The summed E-state index contributed by atoms with van der Waals surface area (Å²) < 4.78 is 6.61. The van der Waals surface area contributed by atoms with Crippen LogP contribution < -0.4 is 5.32 Å². The number of anilines is 1. The summed E-state index contributed by atoms with van der Waals surface area (Å²) in [7, 11) is 1.90. The third-order valence-electron chi connectivity index (χ3n) is 4.08. The van der Waals surface area contributed by atoms with Crippen LogP contribution in [0.2, 0.25) is 0 Å². The number of rotatable bonds is 3. The van der Waals surface area contributed by atoms with Gasteiger partial charge in [-0.1, -0.05) is 30.3 Å². The van der Waals surface area contributed by atoms with Crippen LogP contribution in [0, 0.1) is 3.57 Å². The van der Waals surface area contributed by atoms with Gasteiger partial charge in [0.25, 0.3) is 0 Å². The van der Waals surface area contributed by atoms with Gasteiger partial charge in [-0.2, -0.15) is 0 Å². The van der Waals surface area contributed by atoms with Gasteiger partial charge in [0.05, 0.1) is 8.99 Å². The van der Waals surface area contributed by atoms with E-state index >= 15 is 0 Å². The van der Waals surface area contributed by atoms with Crippen molar-refractivity contribution in [2.45, 2.75) is 18.3 Å². The number of nitrogens with zero attached hydrogens (tertiary/aromatic N) is 2. The number of aromatic nitrogens is 2. The number of halogens is 1. The standard InChI is InChI=1S/C16H18IN3O/c1-18-14-13(17)11-19-15(20-14)16(7-9-21-10-8-16)12-5-3-2-4-6-12/h2-6,11H,7-10H2,1H3,(H,18,19,20). The lowest BCUT2D eigenvalue weighted by Gasteiger charge is -2.36. The molecule has 1 aliphatic heterocycles. The second-order valence-electron chi connectivity index (χ2n) is 5.20. The Balaban J connectivity index is 2.12. The molecule has 0 unspecified atom stereocenters. The molecular weight excluding hydrogens is 377 g/mol. The zero-order chi connectivity index (χ0) is 14.7. The first kappa shape index (κ1) is 14.7. The summed E-state index contributed by atoms with van der Waals surface area (Å²) in [6, 6.07) is 10.6. The lowest BCUT2D eigenvalue weighted by Crippen LogP contribution is -2.37. The van der Waals surface area contributed by atoms with Crippen LogP contribution in [0.3, 0.4) is 0 Å². The minimum absolute atomic E-state index is 0.143. The molecule has 1 fully saturated rings. The monoisotopic (exact) mass is 395 g/mol. The first-order chi connectivity index (χ1) is 10.3. The number of ether oxygens (including phenoxy) is 1. The molecule has 5 heteroatoms. The molecule has 4 nitrogen and oxygen atoms in total. The fourth-order valence-corrected chi connectivity index (χ4v) is 3.42. The summed E-state index contributed by atoms with van der Waals surface area (Å²) in [4.78, 5) is 9.42. The number of nitrogens with one attached hydrogen (secondary N) is 1. The molecule has 0 radical (unpaired) electrons. The molecule has 0 atom stereocenters. The molecule has 0 aliphatic carbocycles. The Hall–Kier alpha value is -1.21. The van der Waals surface area contributed by atoms with Crippen LogP contribution in [0.5, 0.6) is 0 Å². The molecule has 2 aromatic rings. The van der Waals surface area contributed by atoms with Crippen molar-refractivity contribution in [1.82, 2.24) is 9.97 Å². The highest BCUT2D eigenvalue weighted by Crippen LogP contribution is 2.39. The van der Waals surface area contributed by atoms with Crippen LogP contribution in [0.15, 0.2) is 36.5 Å². The van der Waals surface area contributed by atoms with Crippen LogP contribution in [-0.2, 0) is 10.2 Å². The van der Waals surface area contributed by atoms with E-state index in [9.17, 15) is 0 Å². The molecule has 1 aliphatic rings. The summed E-state index contributed by atoms with van der Waals surface area (Å²) in [5.41, 5.74) is 1.13. The molecule has 21 heavy (non-hydrogen) atoms. The van der Waals surface area contributed by atoms with E-state index in [1.54, 1.807) is 0 Å². The maximum atomic E-state index is 5.58. The second-order valence-corrected chi connectivity index (χ2v) is 6.36. The molecule has 0 amide bonds. The van der Waals surface area contributed by atoms with Crippen molar-refractivity contribution >= 4 is 28.4 Å². The van der Waals surface area contributed by atoms with Crippen molar-refractivity contribution in [3.8, 4) is 0 Å². The highest BCUT2D eigenvalue weighted by molar-refractivity contribution is 14.1. The summed E-state index contributed by atoms with van der Waals surface area (Å²) in [6.45, 7) is 1.50. The zero-order valence-electron chi connectivity index (χ0n) is 12.0. The van der Waals surface area contributed by atoms with Gasteiger partial charge in [0.1, 0.15) is 11.6 Å². The van der Waals surface area contributed by atoms with E-state index in [2.05, 4.69) is 57.2 Å². The normalized spacial score (nSPS) is 17.4. The maximum absolute atomic E-state index is 5.58. The van der Waals surface area contributed by atoms with Crippen LogP contribution in [0.1, 0.15) is 24.2 Å². The van der Waals surface area contributed by atoms with Crippen LogP contribution in [0.4, 0.5) is 5.82 Å². The van der Waals surface area contributed by atoms with Gasteiger partial charge in [0.2, 0.25) is 0 Å². The van der Waals surface area contributed by atoms with Gasteiger partial charge in [-0.05, 0) is 41.0 Å². The summed E-state index contributed by atoms with van der Waals surface area (Å²) >= 11 is 2.26.